The van der Waals surface area contributed by atoms with Crippen molar-refractivity contribution in [3.05, 3.63) is 46.1 Å². The van der Waals surface area contributed by atoms with Crippen molar-refractivity contribution in [1.29, 1.82) is 10.5 Å². The molecule has 0 N–H and O–H groups in total. The highest BCUT2D eigenvalue weighted by Gasteiger charge is 2.08. The molecule has 0 bridgehead atoms. The van der Waals surface area contributed by atoms with Gasteiger partial charge in [-0.2, -0.15) is 10.5 Å². The molecule has 0 heterocycles. The van der Waals surface area contributed by atoms with Gasteiger partial charge in [0.1, 0.15) is 17.7 Å². The molecule has 0 saturated heterocycles. The van der Waals surface area contributed by atoms with Crippen LogP contribution in [0.15, 0.2) is 46.1 Å². The molecule has 0 unspecified atom stereocenters. The summed E-state index contributed by atoms with van der Waals surface area (Å²) in [6, 6.07) is 3.73. The van der Waals surface area contributed by atoms with Crippen LogP contribution in [-0.2, 0) is 0 Å². The van der Waals surface area contributed by atoms with Crippen LogP contribution in [0.1, 0.15) is 13.8 Å². The summed E-state index contributed by atoms with van der Waals surface area (Å²) in [6.45, 7) is 4.08. The van der Waals surface area contributed by atoms with Crippen LogP contribution in [0.3, 0.4) is 0 Å². The maximum absolute atomic E-state index is 8.77. The number of hydrogen-bond donors (Lipinski definition) is 0. The van der Waals surface area contributed by atoms with Crippen LogP contribution in [0.5, 0.6) is 0 Å². The molecule has 1 rings (SSSR count). The SMILES string of the molecule is CC(C)C1=C(Cl)C=CC(=C(C#N)C#N)C=C1. The molecule has 2 nitrogen and oxygen atoms in total. The Bertz CT molecular complexity index is 475. The van der Waals surface area contributed by atoms with E-state index in [0.29, 0.717) is 16.5 Å². The monoisotopic (exact) mass is 230 g/mol. The number of allylic oxidation sites excluding steroid dienone is 8. The first-order valence-electron chi connectivity index (χ1n) is 4.90. The van der Waals surface area contributed by atoms with E-state index in [1.807, 2.05) is 32.1 Å². The summed E-state index contributed by atoms with van der Waals surface area (Å²) in [5.41, 5.74) is 1.70. The zero-order valence-corrected chi connectivity index (χ0v) is 9.92. The number of nitriles is 2. The third-order valence-corrected chi connectivity index (χ3v) is 2.61. The van der Waals surface area contributed by atoms with Gasteiger partial charge < -0.3 is 0 Å². The van der Waals surface area contributed by atoms with Gasteiger partial charge in [-0.3, -0.25) is 0 Å². The zero-order chi connectivity index (χ0) is 12.1. The van der Waals surface area contributed by atoms with Crippen molar-refractivity contribution in [2.45, 2.75) is 13.8 Å². The van der Waals surface area contributed by atoms with Crippen molar-refractivity contribution in [1.82, 2.24) is 0 Å². The standard InChI is InChI=1S/C13H11ClN2/c1-9(2)12-5-3-10(4-6-13(12)14)11(7-15)8-16/h3-6,9H,1-2H3. The molecule has 0 fully saturated rings. The fourth-order valence-electron chi connectivity index (χ4n) is 1.36. The Labute approximate surface area is 100 Å². The van der Waals surface area contributed by atoms with Crippen molar-refractivity contribution < 1.29 is 0 Å². The summed E-state index contributed by atoms with van der Waals surface area (Å²) in [6.07, 6.45) is 7.02. The lowest BCUT2D eigenvalue weighted by atomic mass is 10.0. The largest absolute Gasteiger partial charge is 0.192 e. The Balaban J connectivity index is 3.24. The van der Waals surface area contributed by atoms with Gasteiger partial charge in [-0.05, 0) is 17.6 Å². The summed E-state index contributed by atoms with van der Waals surface area (Å²) in [4.78, 5) is 0. The van der Waals surface area contributed by atoms with Gasteiger partial charge in [0.25, 0.3) is 0 Å². The third kappa shape index (κ3) is 2.63. The third-order valence-electron chi connectivity index (χ3n) is 2.26. The molecule has 0 amide bonds. The Morgan fingerprint density at radius 3 is 2.19 bits per heavy atom. The van der Waals surface area contributed by atoms with E-state index < -0.39 is 0 Å². The van der Waals surface area contributed by atoms with Crippen LogP contribution >= 0.6 is 11.6 Å². The average molecular weight is 231 g/mol. The fourth-order valence-corrected chi connectivity index (χ4v) is 1.71. The zero-order valence-electron chi connectivity index (χ0n) is 9.16. The molecule has 1 aliphatic rings. The lowest BCUT2D eigenvalue weighted by Crippen LogP contribution is -1.91. The molecule has 1 aliphatic carbocycles. The fraction of sp³-hybridized carbons (Fsp3) is 0.231. The molecule has 0 spiro atoms. The van der Waals surface area contributed by atoms with Crippen LogP contribution in [0.4, 0.5) is 0 Å². The molecule has 0 aromatic carbocycles. The van der Waals surface area contributed by atoms with E-state index in [-0.39, 0.29) is 5.57 Å². The van der Waals surface area contributed by atoms with Gasteiger partial charge >= 0.3 is 0 Å². The minimum Gasteiger partial charge on any atom is -0.192 e. The maximum Gasteiger partial charge on any atom is 0.136 e. The van der Waals surface area contributed by atoms with E-state index in [0.717, 1.165) is 5.57 Å². The van der Waals surface area contributed by atoms with E-state index >= 15 is 0 Å². The first-order chi connectivity index (χ1) is 7.60. The summed E-state index contributed by atoms with van der Waals surface area (Å²) in [5, 5.41) is 18.2. The van der Waals surface area contributed by atoms with Crippen molar-refractivity contribution in [2.75, 3.05) is 0 Å². The highest BCUT2D eigenvalue weighted by Crippen LogP contribution is 2.25. The number of hydrogen-bond acceptors (Lipinski definition) is 2. The van der Waals surface area contributed by atoms with Crippen LogP contribution in [0.25, 0.3) is 0 Å². The van der Waals surface area contributed by atoms with Crippen molar-refractivity contribution in [2.24, 2.45) is 5.92 Å². The highest BCUT2D eigenvalue weighted by atomic mass is 35.5. The van der Waals surface area contributed by atoms with E-state index in [4.69, 9.17) is 22.1 Å². The summed E-state index contributed by atoms with van der Waals surface area (Å²) < 4.78 is 0. The first kappa shape index (κ1) is 12.3. The van der Waals surface area contributed by atoms with Crippen LogP contribution in [0, 0.1) is 28.6 Å². The molecule has 80 valence electrons. The van der Waals surface area contributed by atoms with Crippen LogP contribution in [-0.4, -0.2) is 0 Å². The van der Waals surface area contributed by atoms with E-state index in [1.54, 1.807) is 18.2 Å². The summed E-state index contributed by atoms with van der Waals surface area (Å²) >= 11 is 6.09. The predicted molar refractivity (Wildman–Crippen MR) is 64.2 cm³/mol. The second kappa shape index (κ2) is 5.35. The molecule has 0 aromatic heterocycles. The molecule has 0 aromatic rings. The minimum atomic E-state index is 0.0990. The quantitative estimate of drug-likeness (QED) is 0.646. The van der Waals surface area contributed by atoms with Crippen molar-refractivity contribution in [3.63, 3.8) is 0 Å². The topological polar surface area (TPSA) is 47.6 Å². The minimum absolute atomic E-state index is 0.0990. The Kier molecular flexibility index (Phi) is 4.11. The lowest BCUT2D eigenvalue weighted by Gasteiger charge is -2.06. The molecule has 0 radical (unpaired) electrons. The van der Waals surface area contributed by atoms with Gasteiger partial charge in [-0.25, -0.2) is 0 Å². The van der Waals surface area contributed by atoms with Crippen LogP contribution < -0.4 is 0 Å². The second-order valence-electron chi connectivity index (χ2n) is 3.68. The van der Waals surface area contributed by atoms with E-state index in [1.165, 1.54) is 0 Å². The molecule has 0 aliphatic heterocycles. The average Bonchev–Trinajstić information content (AvgIpc) is 2.43. The van der Waals surface area contributed by atoms with E-state index in [2.05, 4.69) is 0 Å². The molecule has 16 heavy (non-hydrogen) atoms. The Morgan fingerprint density at radius 1 is 1.12 bits per heavy atom. The van der Waals surface area contributed by atoms with E-state index in [9.17, 15) is 0 Å². The highest BCUT2D eigenvalue weighted by molar-refractivity contribution is 6.31. The molecular formula is C13H11ClN2. The number of halogens is 1. The second-order valence-corrected chi connectivity index (χ2v) is 4.09. The summed E-state index contributed by atoms with van der Waals surface area (Å²) in [7, 11) is 0. The van der Waals surface area contributed by atoms with Gasteiger partial charge in [0.15, 0.2) is 0 Å². The molecule has 0 atom stereocenters. The lowest BCUT2D eigenvalue weighted by molar-refractivity contribution is 0.790. The molecule has 0 saturated carbocycles. The number of rotatable bonds is 1. The van der Waals surface area contributed by atoms with Gasteiger partial charge in [-0.15, -0.1) is 0 Å². The van der Waals surface area contributed by atoms with Crippen molar-refractivity contribution in [3.8, 4) is 12.1 Å². The predicted octanol–water partition coefficient (Wildman–Crippen LogP) is 3.61. The molecule has 3 heteroatoms. The Morgan fingerprint density at radius 2 is 1.69 bits per heavy atom. The molecular weight excluding hydrogens is 220 g/mol. The normalized spacial score (nSPS) is 14.8. The van der Waals surface area contributed by atoms with Gasteiger partial charge in [0.2, 0.25) is 0 Å². The Hall–Kier alpha value is -1.77. The summed E-state index contributed by atoms with van der Waals surface area (Å²) in [5.74, 6) is 0.306. The van der Waals surface area contributed by atoms with Gasteiger partial charge in [0.05, 0.1) is 0 Å². The smallest absolute Gasteiger partial charge is 0.136 e. The van der Waals surface area contributed by atoms with Crippen LogP contribution in [0.2, 0.25) is 0 Å². The van der Waals surface area contributed by atoms with Gasteiger partial charge in [-0.1, -0.05) is 43.7 Å². The maximum atomic E-state index is 8.77. The number of nitrogens with zero attached hydrogens (tertiary/aromatic N) is 2. The van der Waals surface area contributed by atoms with Gasteiger partial charge in [0, 0.05) is 10.6 Å². The van der Waals surface area contributed by atoms with Crippen molar-refractivity contribution >= 4 is 11.6 Å². The first-order valence-corrected chi connectivity index (χ1v) is 5.28.